The molecule has 0 aliphatic carbocycles. The molecule has 0 saturated carbocycles. The minimum Gasteiger partial charge on any atom is -0.480 e. The van der Waals surface area contributed by atoms with Gasteiger partial charge in [-0.2, -0.15) is 0 Å². The fraction of sp³-hybridized carbons (Fsp3) is 0.385. The third kappa shape index (κ3) is 2.84. The van der Waals surface area contributed by atoms with E-state index in [9.17, 15) is 9.59 Å². The van der Waals surface area contributed by atoms with Crippen LogP contribution in [0.25, 0.3) is 0 Å². The standard InChI is InChI=1S/C13H17NO3/c1-8-5-6-12(7-9(8)2)14(11(4)15)10(3)13(16)17/h5-7,10H,1-4H3,(H,16,17)/t10-/m1/s1. The molecule has 0 aliphatic rings. The summed E-state index contributed by atoms with van der Waals surface area (Å²) in [7, 11) is 0. The maximum absolute atomic E-state index is 11.5. The maximum atomic E-state index is 11.5. The smallest absolute Gasteiger partial charge is 0.326 e. The van der Waals surface area contributed by atoms with E-state index in [-0.39, 0.29) is 5.91 Å². The number of amides is 1. The third-order valence-corrected chi connectivity index (χ3v) is 2.85. The van der Waals surface area contributed by atoms with Gasteiger partial charge >= 0.3 is 5.97 Å². The molecule has 1 atom stereocenters. The molecule has 0 spiro atoms. The molecule has 0 heterocycles. The molecule has 1 aromatic carbocycles. The van der Waals surface area contributed by atoms with Crippen LogP contribution in [0.15, 0.2) is 18.2 Å². The van der Waals surface area contributed by atoms with Crippen LogP contribution in [0.3, 0.4) is 0 Å². The second-order valence-corrected chi connectivity index (χ2v) is 4.17. The van der Waals surface area contributed by atoms with E-state index >= 15 is 0 Å². The number of carbonyl (C=O) groups is 2. The Morgan fingerprint density at radius 2 is 1.82 bits per heavy atom. The average molecular weight is 235 g/mol. The van der Waals surface area contributed by atoms with Crippen molar-refractivity contribution in [2.45, 2.75) is 33.7 Å². The molecule has 0 aliphatic heterocycles. The molecule has 0 fully saturated rings. The molecule has 1 rings (SSSR count). The van der Waals surface area contributed by atoms with Crippen molar-refractivity contribution >= 4 is 17.6 Å². The zero-order valence-electron chi connectivity index (χ0n) is 10.5. The van der Waals surface area contributed by atoms with Gasteiger partial charge < -0.3 is 5.11 Å². The molecule has 92 valence electrons. The van der Waals surface area contributed by atoms with Crippen LogP contribution in [0.1, 0.15) is 25.0 Å². The van der Waals surface area contributed by atoms with Gasteiger partial charge in [0.25, 0.3) is 0 Å². The second kappa shape index (κ2) is 4.99. The SMILES string of the molecule is CC(=O)N(c1ccc(C)c(C)c1)[C@H](C)C(=O)O. The van der Waals surface area contributed by atoms with Crippen LogP contribution in [-0.4, -0.2) is 23.0 Å². The van der Waals surface area contributed by atoms with Crippen molar-refractivity contribution in [1.82, 2.24) is 0 Å². The molecule has 1 amide bonds. The Morgan fingerprint density at radius 1 is 1.24 bits per heavy atom. The van der Waals surface area contributed by atoms with Crippen LogP contribution in [0.2, 0.25) is 0 Å². The number of aryl methyl sites for hydroxylation is 2. The van der Waals surface area contributed by atoms with E-state index in [1.165, 1.54) is 18.7 Å². The number of hydrogen-bond donors (Lipinski definition) is 1. The summed E-state index contributed by atoms with van der Waals surface area (Å²) in [6.07, 6.45) is 0. The summed E-state index contributed by atoms with van der Waals surface area (Å²) in [6, 6.07) is 4.61. The van der Waals surface area contributed by atoms with Crippen molar-refractivity contribution in [3.05, 3.63) is 29.3 Å². The Balaban J connectivity index is 3.19. The Morgan fingerprint density at radius 3 is 2.24 bits per heavy atom. The normalized spacial score (nSPS) is 12.0. The van der Waals surface area contributed by atoms with Crippen molar-refractivity contribution in [2.75, 3.05) is 4.90 Å². The minimum absolute atomic E-state index is 0.275. The van der Waals surface area contributed by atoms with Crippen LogP contribution in [0.4, 0.5) is 5.69 Å². The molecule has 0 saturated heterocycles. The summed E-state index contributed by atoms with van der Waals surface area (Å²) in [5.41, 5.74) is 2.77. The van der Waals surface area contributed by atoms with Crippen LogP contribution in [0, 0.1) is 13.8 Å². The van der Waals surface area contributed by atoms with Crippen LogP contribution < -0.4 is 4.90 Å². The highest BCUT2D eigenvalue weighted by Gasteiger charge is 2.24. The predicted molar refractivity (Wildman–Crippen MR) is 66.2 cm³/mol. The molecular formula is C13H17NO3. The van der Waals surface area contributed by atoms with E-state index in [0.29, 0.717) is 5.69 Å². The maximum Gasteiger partial charge on any atom is 0.326 e. The lowest BCUT2D eigenvalue weighted by Crippen LogP contribution is -2.42. The summed E-state index contributed by atoms with van der Waals surface area (Å²) in [6.45, 7) is 6.77. The predicted octanol–water partition coefficient (Wildman–Crippen LogP) is 2.13. The van der Waals surface area contributed by atoms with Gasteiger partial charge in [0.1, 0.15) is 6.04 Å². The van der Waals surface area contributed by atoms with E-state index in [2.05, 4.69) is 0 Å². The number of anilines is 1. The first-order valence-corrected chi connectivity index (χ1v) is 5.44. The fourth-order valence-corrected chi connectivity index (χ4v) is 1.66. The molecule has 17 heavy (non-hydrogen) atoms. The topological polar surface area (TPSA) is 57.6 Å². The van der Waals surface area contributed by atoms with E-state index in [0.717, 1.165) is 11.1 Å². The quantitative estimate of drug-likeness (QED) is 0.873. The number of hydrogen-bond acceptors (Lipinski definition) is 2. The van der Waals surface area contributed by atoms with Gasteiger partial charge in [-0.25, -0.2) is 4.79 Å². The monoisotopic (exact) mass is 235 g/mol. The fourth-order valence-electron chi connectivity index (χ4n) is 1.66. The van der Waals surface area contributed by atoms with Gasteiger partial charge in [-0.1, -0.05) is 6.07 Å². The number of nitrogens with zero attached hydrogens (tertiary/aromatic N) is 1. The van der Waals surface area contributed by atoms with Gasteiger partial charge in [0, 0.05) is 12.6 Å². The largest absolute Gasteiger partial charge is 0.480 e. The van der Waals surface area contributed by atoms with E-state index < -0.39 is 12.0 Å². The lowest BCUT2D eigenvalue weighted by Gasteiger charge is -2.25. The summed E-state index contributed by atoms with van der Waals surface area (Å²) < 4.78 is 0. The second-order valence-electron chi connectivity index (χ2n) is 4.17. The number of aliphatic carboxylic acids is 1. The summed E-state index contributed by atoms with van der Waals surface area (Å²) >= 11 is 0. The molecule has 1 N–H and O–H groups in total. The Labute approximate surface area is 101 Å². The minimum atomic E-state index is -1.02. The van der Waals surface area contributed by atoms with Gasteiger partial charge in [-0.05, 0) is 44.0 Å². The number of carbonyl (C=O) groups excluding carboxylic acids is 1. The van der Waals surface area contributed by atoms with Crippen molar-refractivity contribution in [1.29, 1.82) is 0 Å². The van der Waals surface area contributed by atoms with Crippen molar-refractivity contribution in [3.63, 3.8) is 0 Å². The van der Waals surface area contributed by atoms with Crippen LogP contribution >= 0.6 is 0 Å². The lowest BCUT2D eigenvalue weighted by atomic mass is 10.1. The van der Waals surface area contributed by atoms with Gasteiger partial charge in [0.05, 0.1) is 0 Å². The van der Waals surface area contributed by atoms with Gasteiger partial charge in [0.2, 0.25) is 5.91 Å². The molecule has 0 aromatic heterocycles. The van der Waals surface area contributed by atoms with Crippen LogP contribution in [-0.2, 0) is 9.59 Å². The van der Waals surface area contributed by atoms with Gasteiger partial charge in [-0.3, -0.25) is 9.69 Å². The highest BCUT2D eigenvalue weighted by Crippen LogP contribution is 2.21. The highest BCUT2D eigenvalue weighted by molar-refractivity contribution is 5.97. The van der Waals surface area contributed by atoms with Crippen LogP contribution in [0.5, 0.6) is 0 Å². The number of carboxylic acids is 1. The number of benzene rings is 1. The van der Waals surface area contributed by atoms with Crippen molar-refractivity contribution in [2.24, 2.45) is 0 Å². The molecule has 0 radical (unpaired) electrons. The van der Waals surface area contributed by atoms with E-state index in [1.807, 2.05) is 26.0 Å². The molecule has 4 heteroatoms. The highest BCUT2D eigenvalue weighted by atomic mass is 16.4. The van der Waals surface area contributed by atoms with Crippen molar-refractivity contribution in [3.8, 4) is 0 Å². The Bertz CT molecular complexity index is 454. The first-order chi connectivity index (χ1) is 7.84. The van der Waals surface area contributed by atoms with E-state index in [1.54, 1.807) is 6.07 Å². The average Bonchev–Trinajstić information content (AvgIpc) is 2.22. The molecule has 0 bridgehead atoms. The van der Waals surface area contributed by atoms with Gasteiger partial charge in [-0.15, -0.1) is 0 Å². The molecule has 0 unspecified atom stereocenters. The molecular weight excluding hydrogens is 218 g/mol. The zero-order chi connectivity index (χ0) is 13.2. The number of rotatable bonds is 3. The third-order valence-electron chi connectivity index (χ3n) is 2.85. The van der Waals surface area contributed by atoms with Gasteiger partial charge in [0.15, 0.2) is 0 Å². The molecule has 1 aromatic rings. The Hall–Kier alpha value is -1.84. The zero-order valence-corrected chi connectivity index (χ0v) is 10.5. The number of carboxylic acid groups (broad SMARTS) is 1. The van der Waals surface area contributed by atoms with Crippen molar-refractivity contribution < 1.29 is 14.7 Å². The lowest BCUT2D eigenvalue weighted by molar-refractivity contribution is -0.139. The molecule has 4 nitrogen and oxygen atoms in total. The summed E-state index contributed by atoms with van der Waals surface area (Å²) in [5, 5.41) is 8.99. The first-order valence-electron chi connectivity index (χ1n) is 5.44. The summed E-state index contributed by atoms with van der Waals surface area (Å²) in [4.78, 5) is 23.8. The summed E-state index contributed by atoms with van der Waals surface area (Å²) in [5.74, 6) is -1.29. The van der Waals surface area contributed by atoms with E-state index in [4.69, 9.17) is 5.11 Å². The Kier molecular flexibility index (Phi) is 3.89. The first kappa shape index (κ1) is 13.2.